The molecule has 0 saturated heterocycles. The highest BCUT2D eigenvalue weighted by Crippen LogP contribution is 2.40. The standard InChI is InChI=1S/C30H27N3O2/c1-35-24-17-15-22(16-18-24)27-25-14-8-9-19-32-26(21-10-4-2-5-11-21)20-33(30(25)32)28(27)29(34)31-23-12-6-3-7-13-23/h2-7,10-13,15-18,20H,8-9,14,19H2,1H3,(H,31,34). The largest absolute Gasteiger partial charge is 0.497 e. The maximum atomic E-state index is 13.9. The van der Waals surface area contributed by atoms with Gasteiger partial charge in [0.15, 0.2) is 0 Å². The number of methoxy groups -OCH3 is 1. The maximum absolute atomic E-state index is 13.9. The second-order valence-corrected chi connectivity index (χ2v) is 8.93. The van der Waals surface area contributed by atoms with Crippen LogP contribution in [0.1, 0.15) is 28.9 Å². The average Bonchev–Trinajstić information content (AvgIpc) is 3.33. The van der Waals surface area contributed by atoms with Gasteiger partial charge in [0.25, 0.3) is 5.91 Å². The van der Waals surface area contributed by atoms with Gasteiger partial charge in [-0.3, -0.25) is 9.20 Å². The van der Waals surface area contributed by atoms with E-state index >= 15 is 0 Å². The van der Waals surface area contributed by atoms with Crippen LogP contribution in [0.4, 0.5) is 5.69 Å². The molecule has 1 aliphatic rings. The molecule has 35 heavy (non-hydrogen) atoms. The van der Waals surface area contributed by atoms with E-state index in [4.69, 9.17) is 4.74 Å². The molecule has 0 bridgehead atoms. The van der Waals surface area contributed by atoms with Gasteiger partial charge >= 0.3 is 0 Å². The van der Waals surface area contributed by atoms with Gasteiger partial charge in [0.1, 0.15) is 17.1 Å². The summed E-state index contributed by atoms with van der Waals surface area (Å²) < 4.78 is 9.89. The van der Waals surface area contributed by atoms with E-state index in [1.807, 2.05) is 48.5 Å². The number of benzene rings is 3. The number of rotatable bonds is 5. The Bertz CT molecular complexity index is 1500. The minimum absolute atomic E-state index is 0.111. The summed E-state index contributed by atoms with van der Waals surface area (Å²) >= 11 is 0. The van der Waals surface area contributed by atoms with Crippen molar-refractivity contribution in [2.45, 2.75) is 25.8 Å². The lowest BCUT2D eigenvalue weighted by Gasteiger charge is -2.11. The number of carbonyl (C=O) groups excluding carboxylic acids is 1. The number of para-hydroxylation sites is 1. The third-order valence-electron chi connectivity index (χ3n) is 6.83. The molecule has 1 aliphatic heterocycles. The van der Waals surface area contributed by atoms with E-state index < -0.39 is 0 Å². The first-order valence-electron chi connectivity index (χ1n) is 12.1. The Hall–Kier alpha value is -4.25. The van der Waals surface area contributed by atoms with Gasteiger partial charge in [-0.1, -0.05) is 60.7 Å². The molecule has 1 N–H and O–H groups in total. The molecule has 1 amide bonds. The molecule has 0 fully saturated rings. The molecule has 174 valence electrons. The van der Waals surface area contributed by atoms with E-state index in [0.29, 0.717) is 5.69 Å². The molecule has 0 unspecified atom stereocenters. The van der Waals surface area contributed by atoms with Gasteiger partial charge in [-0.25, -0.2) is 0 Å². The van der Waals surface area contributed by atoms with E-state index in [2.05, 4.69) is 56.9 Å². The summed E-state index contributed by atoms with van der Waals surface area (Å²) in [5, 5.41) is 3.13. The van der Waals surface area contributed by atoms with Crippen LogP contribution in [-0.2, 0) is 13.0 Å². The molecular weight excluding hydrogens is 434 g/mol. The SMILES string of the molecule is COc1ccc(-c2c3c4n(c(-c5ccccc5)cn4c2C(=O)Nc2ccccc2)CCCC3)cc1. The molecule has 0 saturated carbocycles. The van der Waals surface area contributed by atoms with Crippen molar-refractivity contribution >= 4 is 17.2 Å². The Morgan fingerprint density at radius 2 is 1.57 bits per heavy atom. The molecule has 0 atom stereocenters. The molecule has 2 aromatic heterocycles. The predicted octanol–water partition coefficient (Wildman–Crippen LogP) is 6.67. The van der Waals surface area contributed by atoms with Gasteiger partial charge in [0.05, 0.1) is 12.8 Å². The van der Waals surface area contributed by atoms with E-state index in [-0.39, 0.29) is 5.91 Å². The minimum Gasteiger partial charge on any atom is -0.497 e. The monoisotopic (exact) mass is 461 g/mol. The third kappa shape index (κ3) is 3.69. The van der Waals surface area contributed by atoms with E-state index in [0.717, 1.165) is 65.3 Å². The first-order valence-corrected chi connectivity index (χ1v) is 12.1. The lowest BCUT2D eigenvalue weighted by Crippen LogP contribution is -2.15. The zero-order valence-corrected chi connectivity index (χ0v) is 19.7. The van der Waals surface area contributed by atoms with Gasteiger partial charge in [-0.15, -0.1) is 0 Å². The summed E-state index contributed by atoms with van der Waals surface area (Å²) in [6, 6.07) is 28.1. The van der Waals surface area contributed by atoms with Crippen LogP contribution < -0.4 is 10.1 Å². The van der Waals surface area contributed by atoms with Crippen molar-refractivity contribution in [3.8, 4) is 28.1 Å². The lowest BCUT2D eigenvalue weighted by molar-refractivity contribution is 0.102. The average molecular weight is 462 g/mol. The lowest BCUT2D eigenvalue weighted by atomic mass is 9.97. The highest BCUT2D eigenvalue weighted by atomic mass is 16.5. The van der Waals surface area contributed by atoms with Crippen molar-refractivity contribution in [1.29, 1.82) is 0 Å². The number of anilines is 1. The number of nitrogens with zero attached hydrogens (tertiary/aromatic N) is 2. The number of carbonyl (C=O) groups is 1. The summed E-state index contributed by atoms with van der Waals surface area (Å²) in [5.41, 5.74) is 8.12. The molecule has 5 heteroatoms. The van der Waals surface area contributed by atoms with E-state index in [9.17, 15) is 4.79 Å². The molecule has 5 aromatic rings. The van der Waals surface area contributed by atoms with Crippen LogP contribution in [0.15, 0.2) is 91.1 Å². The number of ether oxygens (including phenoxy) is 1. The quantitative estimate of drug-likeness (QED) is 0.318. The summed E-state index contributed by atoms with van der Waals surface area (Å²) in [7, 11) is 1.67. The van der Waals surface area contributed by atoms with Crippen molar-refractivity contribution < 1.29 is 9.53 Å². The van der Waals surface area contributed by atoms with Crippen molar-refractivity contribution in [3.63, 3.8) is 0 Å². The van der Waals surface area contributed by atoms with Crippen molar-refractivity contribution in [2.75, 3.05) is 12.4 Å². The summed E-state index contributed by atoms with van der Waals surface area (Å²) in [6.07, 6.45) is 5.25. The smallest absolute Gasteiger partial charge is 0.273 e. The Labute approximate surface area is 204 Å². The molecule has 0 spiro atoms. The Kier molecular flexibility index (Phi) is 5.38. The highest BCUT2D eigenvalue weighted by Gasteiger charge is 2.29. The second-order valence-electron chi connectivity index (χ2n) is 8.93. The van der Waals surface area contributed by atoms with Crippen LogP contribution in [0.25, 0.3) is 28.0 Å². The number of hydrogen-bond donors (Lipinski definition) is 1. The number of imidazole rings is 1. The van der Waals surface area contributed by atoms with Gasteiger partial charge in [-0.05, 0) is 54.7 Å². The van der Waals surface area contributed by atoms with Gasteiger partial charge < -0.3 is 14.6 Å². The first-order chi connectivity index (χ1) is 17.2. The summed E-state index contributed by atoms with van der Waals surface area (Å²) in [5.74, 6) is 0.690. The normalized spacial score (nSPS) is 12.9. The maximum Gasteiger partial charge on any atom is 0.273 e. The van der Waals surface area contributed by atoms with Crippen molar-refractivity contribution in [2.24, 2.45) is 0 Å². The Morgan fingerprint density at radius 1 is 0.857 bits per heavy atom. The summed E-state index contributed by atoms with van der Waals surface area (Å²) in [6.45, 7) is 0.930. The number of amides is 1. The first kappa shape index (κ1) is 21.3. The Balaban J connectivity index is 1.61. The number of nitrogens with one attached hydrogen (secondary N) is 1. The Morgan fingerprint density at radius 3 is 2.29 bits per heavy atom. The van der Waals surface area contributed by atoms with E-state index in [1.165, 1.54) is 5.56 Å². The molecular formula is C30H27N3O2. The van der Waals surface area contributed by atoms with Gasteiger partial charge in [0, 0.05) is 29.6 Å². The third-order valence-corrected chi connectivity index (χ3v) is 6.83. The van der Waals surface area contributed by atoms with Crippen LogP contribution in [0, 0.1) is 0 Å². The zero-order valence-electron chi connectivity index (χ0n) is 19.7. The van der Waals surface area contributed by atoms with Crippen LogP contribution in [-0.4, -0.2) is 22.0 Å². The van der Waals surface area contributed by atoms with Crippen LogP contribution >= 0.6 is 0 Å². The number of hydrogen-bond acceptors (Lipinski definition) is 2. The fourth-order valence-corrected chi connectivity index (χ4v) is 5.23. The van der Waals surface area contributed by atoms with Gasteiger partial charge in [0.2, 0.25) is 0 Å². The molecule has 5 nitrogen and oxygen atoms in total. The van der Waals surface area contributed by atoms with Crippen molar-refractivity contribution in [1.82, 2.24) is 8.97 Å². The zero-order chi connectivity index (χ0) is 23.8. The minimum atomic E-state index is -0.111. The van der Waals surface area contributed by atoms with Crippen molar-refractivity contribution in [3.05, 3.63) is 102 Å². The fourth-order valence-electron chi connectivity index (χ4n) is 5.23. The highest BCUT2D eigenvalue weighted by molar-refractivity contribution is 6.10. The number of aromatic nitrogens is 2. The van der Waals surface area contributed by atoms with Crippen LogP contribution in [0.3, 0.4) is 0 Å². The number of aryl methyl sites for hydroxylation is 2. The summed E-state index contributed by atoms with van der Waals surface area (Å²) in [4.78, 5) is 13.9. The molecule has 3 heterocycles. The van der Waals surface area contributed by atoms with Gasteiger partial charge in [-0.2, -0.15) is 0 Å². The molecule has 0 aliphatic carbocycles. The fraction of sp³-hybridized carbons (Fsp3) is 0.167. The van der Waals surface area contributed by atoms with Crippen LogP contribution in [0.5, 0.6) is 5.75 Å². The molecule has 0 radical (unpaired) electrons. The molecule has 6 rings (SSSR count). The topological polar surface area (TPSA) is 47.7 Å². The van der Waals surface area contributed by atoms with E-state index in [1.54, 1.807) is 7.11 Å². The molecule has 3 aromatic carbocycles. The second kappa shape index (κ2) is 8.84. The predicted molar refractivity (Wildman–Crippen MR) is 140 cm³/mol. The van der Waals surface area contributed by atoms with Crippen LogP contribution in [0.2, 0.25) is 0 Å².